The van der Waals surface area contributed by atoms with Gasteiger partial charge in [-0.3, -0.25) is 0 Å². The van der Waals surface area contributed by atoms with Crippen molar-refractivity contribution >= 4 is 28.7 Å². The number of thiocarbonyl (C=S) groups is 1. The molecule has 2 aromatic rings. The Balaban J connectivity index is 2.06. The lowest BCUT2D eigenvalue weighted by Gasteiger charge is -2.15. The summed E-state index contributed by atoms with van der Waals surface area (Å²) in [6.45, 7) is 2.12. The van der Waals surface area contributed by atoms with E-state index in [0.717, 1.165) is 42.6 Å². The molecule has 0 bridgehead atoms. The average molecular weight is 352 g/mol. The average Bonchev–Trinajstić information content (AvgIpc) is 2.53. The van der Waals surface area contributed by atoms with Crippen molar-refractivity contribution in [1.29, 1.82) is 0 Å². The summed E-state index contributed by atoms with van der Waals surface area (Å²) in [5.74, 6) is 0. The van der Waals surface area contributed by atoms with Gasteiger partial charge in [-0.2, -0.15) is 13.2 Å². The highest BCUT2D eigenvalue weighted by Crippen LogP contribution is 2.30. The van der Waals surface area contributed by atoms with Crippen molar-refractivity contribution in [3.8, 4) is 0 Å². The predicted molar refractivity (Wildman–Crippen MR) is 96.3 cm³/mol. The topological polar surface area (TPSA) is 24.1 Å². The first kappa shape index (κ1) is 18.3. The third-order valence-corrected chi connectivity index (χ3v) is 3.72. The maximum Gasteiger partial charge on any atom is 0.416 e. The van der Waals surface area contributed by atoms with Crippen LogP contribution in [0.1, 0.15) is 30.9 Å². The zero-order valence-corrected chi connectivity index (χ0v) is 14.1. The van der Waals surface area contributed by atoms with Gasteiger partial charge in [0, 0.05) is 11.4 Å². The number of alkyl halides is 3. The van der Waals surface area contributed by atoms with Crippen LogP contribution in [0.15, 0.2) is 48.5 Å². The summed E-state index contributed by atoms with van der Waals surface area (Å²) in [4.78, 5) is 0. The molecule has 0 heterocycles. The predicted octanol–water partition coefficient (Wildman–Crippen LogP) is 5.86. The zero-order valence-electron chi connectivity index (χ0n) is 13.3. The van der Waals surface area contributed by atoms with Crippen LogP contribution >= 0.6 is 12.2 Å². The van der Waals surface area contributed by atoms with Crippen molar-refractivity contribution in [3.63, 3.8) is 0 Å². The molecule has 0 amide bonds. The Morgan fingerprint density at radius 1 is 1.04 bits per heavy atom. The minimum absolute atomic E-state index is 0.262. The first-order valence-electron chi connectivity index (χ1n) is 7.73. The van der Waals surface area contributed by atoms with Gasteiger partial charge in [0.15, 0.2) is 5.11 Å². The second kappa shape index (κ2) is 8.15. The van der Waals surface area contributed by atoms with Crippen molar-refractivity contribution in [2.45, 2.75) is 32.4 Å². The number of hydrogen-bond donors (Lipinski definition) is 2. The van der Waals surface area contributed by atoms with Crippen LogP contribution in [-0.4, -0.2) is 5.11 Å². The summed E-state index contributed by atoms with van der Waals surface area (Å²) < 4.78 is 38.2. The lowest BCUT2D eigenvalue weighted by molar-refractivity contribution is -0.137. The van der Waals surface area contributed by atoms with Gasteiger partial charge in [0.05, 0.1) is 5.56 Å². The fourth-order valence-corrected chi connectivity index (χ4v) is 2.51. The molecule has 2 nitrogen and oxygen atoms in total. The molecule has 0 radical (unpaired) electrons. The summed E-state index contributed by atoms with van der Waals surface area (Å²) in [6.07, 6.45) is -1.31. The number of benzene rings is 2. The van der Waals surface area contributed by atoms with Crippen molar-refractivity contribution in [1.82, 2.24) is 0 Å². The molecule has 0 fully saturated rings. The summed E-state index contributed by atoms with van der Waals surface area (Å²) in [5, 5.41) is 6.13. The van der Waals surface area contributed by atoms with Crippen molar-refractivity contribution in [3.05, 3.63) is 59.7 Å². The standard InChI is InChI=1S/C18H19F3N2S/c1-2-3-7-13-8-4-5-11-16(13)23-17(24)22-15-10-6-9-14(12-15)18(19,20)21/h4-6,8-12H,2-3,7H2,1H3,(H2,22,23,24). The van der Waals surface area contributed by atoms with Gasteiger partial charge in [0.25, 0.3) is 0 Å². The van der Waals surface area contributed by atoms with Crippen LogP contribution in [0, 0.1) is 0 Å². The second-order valence-electron chi connectivity index (χ2n) is 5.42. The maximum atomic E-state index is 12.7. The van der Waals surface area contributed by atoms with E-state index in [9.17, 15) is 13.2 Å². The summed E-state index contributed by atoms with van der Waals surface area (Å²) in [5.41, 5.74) is 1.59. The van der Waals surface area contributed by atoms with Crippen LogP contribution in [0.2, 0.25) is 0 Å². The molecule has 0 unspecified atom stereocenters. The molecule has 0 atom stereocenters. The summed E-state index contributed by atoms with van der Waals surface area (Å²) in [6, 6.07) is 12.7. The van der Waals surface area contributed by atoms with Gasteiger partial charge in [0.2, 0.25) is 0 Å². The quantitative estimate of drug-likeness (QED) is 0.659. The fraction of sp³-hybridized carbons (Fsp3) is 0.278. The van der Waals surface area contributed by atoms with E-state index in [-0.39, 0.29) is 5.11 Å². The van der Waals surface area contributed by atoms with Gasteiger partial charge in [-0.1, -0.05) is 37.6 Å². The highest BCUT2D eigenvalue weighted by molar-refractivity contribution is 7.80. The van der Waals surface area contributed by atoms with Crippen LogP contribution in [0.5, 0.6) is 0 Å². The Hall–Kier alpha value is -2.08. The minimum atomic E-state index is -4.38. The van der Waals surface area contributed by atoms with E-state index in [0.29, 0.717) is 5.69 Å². The van der Waals surface area contributed by atoms with E-state index in [1.54, 1.807) is 6.07 Å². The molecular formula is C18H19F3N2S. The van der Waals surface area contributed by atoms with Crippen LogP contribution in [-0.2, 0) is 12.6 Å². The van der Waals surface area contributed by atoms with Crippen LogP contribution in [0.3, 0.4) is 0 Å². The normalized spacial score (nSPS) is 11.2. The number of aryl methyl sites for hydroxylation is 1. The van der Waals surface area contributed by atoms with Crippen molar-refractivity contribution < 1.29 is 13.2 Å². The first-order valence-corrected chi connectivity index (χ1v) is 8.14. The Morgan fingerprint density at radius 2 is 1.79 bits per heavy atom. The van der Waals surface area contributed by atoms with Gasteiger partial charge in [-0.25, -0.2) is 0 Å². The summed E-state index contributed by atoms with van der Waals surface area (Å²) in [7, 11) is 0. The van der Waals surface area contributed by atoms with E-state index < -0.39 is 11.7 Å². The van der Waals surface area contributed by atoms with Gasteiger partial charge < -0.3 is 10.6 Å². The molecule has 0 spiro atoms. The number of para-hydroxylation sites is 1. The highest BCUT2D eigenvalue weighted by Gasteiger charge is 2.30. The molecule has 0 saturated heterocycles. The molecule has 0 saturated carbocycles. The van der Waals surface area contributed by atoms with Crippen LogP contribution in [0.4, 0.5) is 24.5 Å². The molecule has 2 aromatic carbocycles. The van der Waals surface area contributed by atoms with Crippen molar-refractivity contribution in [2.75, 3.05) is 10.6 Å². The number of rotatable bonds is 5. The van der Waals surface area contributed by atoms with E-state index in [1.807, 2.05) is 24.3 Å². The molecule has 2 rings (SSSR count). The molecule has 6 heteroatoms. The monoisotopic (exact) mass is 352 g/mol. The third-order valence-electron chi connectivity index (χ3n) is 3.51. The van der Waals surface area contributed by atoms with Gasteiger partial charge in [-0.15, -0.1) is 0 Å². The number of halogens is 3. The van der Waals surface area contributed by atoms with Crippen molar-refractivity contribution in [2.24, 2.45) is 0 Å². The molecule has 128 valence electrons. The Labute approximate surface area is 145 Å². The number of anilines is 2. The molecule has 0 aliphatic carbocycles. The van der Waals surface area contributed by atoms with Crippen LogP contribution < -0.4 is 10.6 Å². The van der Waals surface area contributed by atoms with E-state index in [1.165, 1.54) is 6.07 Å². The van der Waals surface area contributed by atoms with E-state index in [2.05, 4.69) is 17.6 Å². The number of nitrogens with one attached hydrogen (secondary N) is 2. The molecule has 24 heavy (non-hydrogen) atoms. The molecule has 0 aliphatic heterocycles. The van der Waals surface area contributed by atoms with Crippen LogP contribution in [0.25, 0.3) is 0 Å². The number of hydrogen-bond acceptors (Lipinski definition) is 1. The second-order valence-corrected chi connectivity index (χ2v) is 5.83. The van der Waals surface area contributed by atoms with Gasteiger partial charge in [0.1, 0.15) is 0 Å². The minimum Gasteiger partial charge on any atom is -0.332 e. The molecule has 2 N–H and O–H groups in total. The third kappa shape index (κ3) is 5.23. The zero-order chi connectivity index (χ0) is 17.6. The Bertz CT molecular complexity index is 699. The lowest BCUT2D eigenvalue weighted by atomic mass is 10.1. The maximum absolute atomic E-state index is 12.7. The fourth-order valence-electron chi connectivity index (χ4n) is 2.29. The first-order chi connectivity index (χ1) is 11.4. The Kier molecular flexibility index (Phi) is 6.20. The van der Waals surface area contributed by atoms with Gasteiger partial charge >= 0.3 is 6.18 Å². The SMILES string of the molecule is CCCCc1ccccc1NC(=S)Nc1cccc(C(F)(F)F)c1. The lowest BCUT2D eigenvalue weighted by Crippen LogP contribution is -2.20. The molecule has 0 aromatic heterocycles. The highest BCUT2D eigenvalue weighted by atomic mass is 32.1. The van der Waals surface area contributed by atoms with E-state index >= 15 is 0 Å². The molecule has 0 aliphatic rings. The number of unbranched alkanes of at least 4 members (excludes halogenated alkanes) is 1. The summed E-state index contributed by atoms with van der Waals surface area (Å²) >= 11 is 5.22. The Morgan fingerprint density at radius 3 is 2.50 bits per heavy atom. The largest absolute Gasteiger partial charge is 0.416 e. The smallest absolute Gasteiger partial charge is 0.332 e. The molecular weight excluding hydrogens is 333 g/mol. The van der Waals surface area contributed by atoms with Gasteiger partial charge in [-0.05, 0) is 54.9 Å². The van der Waals surface area contributed by atoms with E-state index in [4.69, 9.17) is 12.2 Å².